The Morgan fingerprint density at radius 2 is 1.78 bits per heavy atom. The van der Waals surface area contributed by atoms with Gasteiger partial charge in [-0.1, -0.05) is 54.1 Å². The SMILES string of the molecule is C=CCN1C(=O)/C(=C/c2ccc(OCc3ccccc3)c(OC)c2)SC1=NS(=O)(=O)c1ccc(Cl)cc1. The fourth-order valence-electron chi connectivity index (χ4n) is 3.41. The zero-order chi connectivity index (χ0) is 26.4. The Balaban J connectivity index is 1.59. The number of amidine groups is 1. The fourth-order valence-corrected chi connectivity index (χ4v) is 5.72. The summed E-state index contributed by atoms with van der Waals surface area (Å²) in [6.45, 7) is 4.15. The lowest BCUT2D eigenvalue weighted by Crippen LogP contribution is -2.29. The van der Waals surface area contributed by atoms with Crippen molar-refractivity contribution in [1.82, 2.24) is 4.90 Å². The van der Waals surface area contributed by atoms with Crippen LogP contribution in [0.4, 0.5) is 0 Å². The van der Waals surface area contributed by atoms with Crippen molar-refractivity contribution < 1.29 is 22.7 Å². The molecule has 0 saturated carbocycles. The molecule has 1 fully saturated rings. The van der Waals surface area contributed by atoms with Crippen molar-refractivity contribution in [2.24, 2.45) is 4.40 Å². The first kappa shape index (κ1) is 26.5. The molecule has 0 atom stereocenters. The molecule has 1 heterocycles. The average molecular weight is 555 g/mol. The van der Waals surface area contributed by atoms with Gasteiger partial charge in [-0.05, 0) is 65.4 Å². The Morgan fingerprint density at radius 3 is 2.46 bits per heavy atom. The monoisotopic (exact) mass is 554 g/mol. The molecule has 1 amide bonds. The highest BCUT2D eigenvalue weighted by Gasteiger charge is 2.34. The fraction of sp³-hybridized carbons (Fsp3) is 0.111. The average Bonchev–Trinajstić information content (AvgIpc) is 3.17. The first-order valence-electron chi connectivity index (χ1n) is 11.1. The summed E-state index contributed by atoms with van der Waals surface area (Å²) in [6, 6.07) is 20.7. The number of hydrogen-bond acceptors (Lipinski definition) is 6. The Labute approximate surface area is 225 Å². The van der Waals surface area contributed by atoms with Gasteiger partial charge >= 0.3 is 0 Å². The highest BCUT2D eigenvalue weighted by Crippen LogP contribution is 2.36. The Hall–Kier alpha value is -3.53. The van der Waals surface area contributed by atoms with E-state index in [1.165, 1.54) is 42.4 Å². The van der Waals surface area contributed by atoms with Crippen LogP contribution in [0.25, 0.3) is 6.08 Å². The zero-order valence-corrected chi connectivity index (χ0v) is 22.2. The van der Waals surface area contributed by atoms with Crippen molar-refractivity contribution in [2.45, 2.75) is 11.5 Å². The topological polar surface area (TPSA) is 85.3 Å². The van der Waals surface area contributed by atoms with Crippen LogP contribution in [0.15, 0.2) is 99.6 Å². The van der Waals surface area contributed by atoms with Crippen LogP contribution >= 0.6 is 23.4 Å². The zero-order valence-electron chi connectivity index (χ0n) is 19.8. The number of ether oxygens (including phenoxy) is 2. The number of thioether (sulfide) groups is 1. The second-order valence-electron chi connectivity index (χ2n) is 7.80. The van der Waals surface area contributed by atoms with Gasteiger partial charge in [0.2, 0.25) is 0 Å². The Bertz CT molecular complexity index is 1470. The van der Waals surface area contributed by atoms with Gasteiger partial charge in [0.15, 0.2) is 16.7 Å². The summed E-state index contributed by atoms with van der Waals surface area (Å²) in [7, 11) is -2.52. The molecule has 0 unspecified atom stereocenters. The molecule has 0 bridgehead atoms. The normalized spacial score (nSPS) is 15.8. The third kappa shape index (κ3) is 6.43. The maximum atomic E-state index is 13.1. The minimum absolute atomic E-state index is 0.0238. The molecule has 0 radical (unpaired) electrons. The quantitative estimate of drug-likeness (QED) is 0.246. The molecule has 0 aliphatic carbocycles. The summed E-state index contributed by atoms with van der Waals surface area (Å²) >= 11 is 6.84. The van der Waals surface area contributed by atoms with E-state index in [4.69, 9.17) is 21.1 Å². The van der Waals surface area contributed by atoms with Crippen molar-refractivity contribution in [3.8, 4) is 11.5 Å². The van der Waals surface area contributed by atoms with E-state index in [1.807, 2.05) is 30.3 Å². The van der Waals surface area contributed by atoms with Crippen LogP contribution in [0, 0.1) is 0 Å². The highest BCUT2D eigenvalue weighted by atomic mass is 35.5. The highest BCUT2D eigenvalue weighted by molar-refractivity contribution is 8.19. The van der Waals surface area contributed by atoms with E-state index in [9.17, 15) is 13.2 Å². The van der Waals surface area contributed by atoms with Crippen LogP contribution in [0.2, 0.25) is 5.02 Å². The van der Waals surface area contributed by atoms with Crippen LogP contribution in [0.1, 0.15) is 11.1 Å². The molecule has 1 aliphatic rings. The van der Waals surface area contributed by atoms with Crippen molar-refractivity contribution in [3.63, 3.8) is 0 Å². The summed E-state index contributed by atoms with van der Waals surface area (Å²) in [5.74, 6) is 0.685. The van der Waals surface area contributed by atoms with Gasteiger partial charge in [0.1, 0.15) is 6.61 Å². The van der Waals surface area contributed by atoms with Crippen molar-refractivity contribution in [3.05, 3.63) is 107 Å². The number of nitrogens with zero attached hydrogens (tertiary/aromatic N) is 2. The molecule has 10 heteroatoms. The van der Waals surface area contributed by atoms with Gasteiger partial charge in [0.05, 0.1) is 16.9 Å². The molecular formula is C27H23ClN2O5S2. The predicted octanol–water partition coefficient (Wildman–Crippen LogP) is 5.77. The largest absolute Gasteiger partial charge is 0.493 e. The Kier molecular flexibility index (Phi) is 8.38. The van der Waals surface area contributed by atoms with Crippen molar-refractivity contribution >= 4 is 50.5 Å². The van der Waals surface area contributed by atoms with Gasteiger partial charge in [-0.15, -0.1) is 11.0 Å². The van der Waals surface area contributed by atoms with Crippen molar-refractivity contribution in [2.75, 3.05) is 13.7 Å². The van der Waals surface area contributed by atoms with Crippen molar-refractivity contribution in [1.29, 1.82) is 0 Å². The summed E-state index contributed by atoms with van der Waals surface area (Å²) in [4.78, 5) is 14.7. The van der Waals surface area contributed by atoms with E-state index >= 15 is 0 Å². The van der Waals surface area contributed by atoms with Gasteiger partial charge in [0.25, 0.3) is 15.9 Å². The van der Waals surface area contributed by atoms with E-state index in [-0.39, 0.29) is 22.5 Å². The third-order valence-corrected chi connectivity index (χ3v) is 7.89. The minimum Gasteiger partial charge on any atom is -0.493 e. The standard InChI is InChI=1S/C27H23ClN2O5S2/c1-3-15-30-26(31)25(36-27(30)29-37(32,33)22-12-10-21(28)11-13-22)17-20-9-14-23(24(16-20)34-2)35-18-19-7-5-4-6-8-19/h3-14,16-17H,1,15,18H2,2H3/b25-17-,29-27?. The molecule has 1 saturated heterocycles. The van der Waals surface area contributed by atoms with Crippen LogP contribution in [0.3, 0.4) is 0 Å². The molecule has 7 nitrogen and oxygen atoms in total. The minimum atomic E-state index is -4.06. The number of halogens is 1. The van der Waals surface area contributed by atoms with Gasteiger partial charge in [-0.25, -0.2) is 0 Å². The second-order valence-corrected chi connectivity index (χ2v) is 10.9. The predicted molar refractivity (Wildman–Crippen MR) is 147 cm³/mol. The molecule has 0 aromatic heterocycles. The first-order valence-corrected chi connectivity index (χ1v) is 13.7. The maximum absolute atomic E-state index is 13.1. The van der Waals surface area contributed by atoms with E-state index < -0.39 is 10.0 Å². The van der Waals surface area contributed by atoms with Crippen LogP contribution in [0.5, 0.6) is 11.5 Å². The van der Waals surface area contributed by atoms with Gasteiger partial charge < -0.3 is 9.47 Å². The molecule has 1 aliphatic heterocycles. The molecule has 0 spiro atoms. The van der Waals surface area contributed by atoms with Gasteiger partial charge in [0, 0.05) is 11.6 Å². The molecule has 0 N–H and O–H groups in total. The molecule has 37 heavy (non-hydrogen) atoms. The number of carbonyl (C=O) groups excluding carboxylic acids is 1. The lowest BCUT2D eigenvalue weighted by molar-refractivity contribution is -0.121. The molecule has 3 aromatic rings. The smallest absolute Gasteiger partial charge is 0.284 e. The van der Waals surface area contributed by atoms with Crippen LogP contribution in [-0.2, 0) is 21.4 Å². The van der Waals surface area contributed by atoms with Gasteiger partial charge in [-0.2, -0.15) is 8.42 Å². The maximum Gasteiger partial charge on any atom is 0.284 e. The summed E-state index contributed by atoms with van der Waals surface area (Å²) in [5.41, 5.74) is 1.70. The summed E-state index contributed by atoms with van der Waals surface area (Å²) in [6.07, 6.45) is 3.16. The van der Waals surface area contributed by atoms with Crippen LogP contribution < -0.4 is 9.47 Å². The third-order valence-electron chi connectivity index (χ3n) is 5.23. The number of sulfonamides is 1. The summed E-state index contributed by atoms with van der Waals surface area (Å²) in [5, 5.41) is 0.448. The number of amides is 1. The second kappa shape index (κ2) is 11.7. The number of rotatable bonds is 9. The molecule has 3 aromatic carbocycles. The number of hydrogen-bond donors (Lipinski definition) is 0. The lowest BCUT2D eigenvalue weighted by Gasteiger charge is -2.12. The summed E-state index contributed by atoms with van der Waals surface area (Å²) < 4.78 is 41.0. The number of methoxy groups -OCH3 is 1. The first-order chi connectivity index (χ1) is 17.8. The Morgan fingerprint density at radius 1 is 1.05 bits per heavy atom. The van der Waals surface area contributed by atoms with Crippen LogP contribution in [-0.4, -0.2) is 38.0 Å². The number of carbonyl (C=O) groups is 1. The van der Waals surface area contributed by atoms with E-state index in [0.29, 0.717) is 33.6 Å². The lowest BCUT2D eigenvalue weighted by atomic mass is 10.1. The van der Waals surface area contributed by atoms with Gasteiger partial charge in [-0.3, -0.25) is 9.69 Å². The molecular weight excluding hydrogens is 532 g/mol. The number of benzene rings is 3. The van der Waals surface area contributed by atoms with E-state index in [1.54, 1.807) is 24.3 Å². The van der Waals surface area contributed by atoms with E-state index in [2.05, 4.69) is 11.0 Å². The molecule has 190 valence electrons. The molecule has 4 rings (SSSR count). The van der Waals surface area contributed by atoms with E-state index in [0.717, 1.165) is 17.3 Å².